The Morgan fingerprint density at radius 1 is 1.06 bits per heavy atom. The van der Waals surface area contributed by atoms with Gasteiger partial charge in [-0.1, -0.05) is 42.5 Å². The third-order valence-corrected chi connectivity index (χ3v) is 5.15. The number of para-hydroxylation sites is 1. The van der Waals surface area contributed by atoms with Crippen molar-refractivity contribution in [2.75, 3.05) is 0 Å². The third kappa shape index (κ3) is 6.27. The van der Waals surface area contributed by atoms with E-state index in [9.17, 15) is 4.79 Å². The highest BCUT2D eigenvalue weighted by Gasteiger charge is 2.11. The van der Waals surface area contributed by atoms with E-state index in [1.54, 1.807) is 18.5 Å². The van der Waals surface area contributed by atoms with E-state index in [-0.39, 0.29) is 12.0 Å². The minimum Gasteiger partial charge on any atom is -0.374 e. The van der Waals surface area contributed by atoms with Crippen LogP contribution in [0.4, 0.5) is 0 Å². The number of ether oxygens (including phenoxy) is 1. The third-order valence-electron chi connectivity index (χ3n) is 5.15. The van der Waals surface area contributed by atoms with E-state index >= 15 is 0 Å². The summed E-state index contributed by atoms with van der Waals surface area (Å²) in [6.45, 7) is 5.03. The normalized spacial score (nSPS) is 11.3. The summed E-state index contributed by atoms with van der Waals surface area (Å²) in [6.07, 6.45) is 8.92. The van der Waals surface area contributed by atoms with Gasteiger partial charge in [0.2, 0.25) is 5.91 Å². The summed E-state index contributed by atoms with van der Waals surface area (Å²) in [5.41, 5.74) is 5.54. The molecule has 34 heavy (non-hydrogen) atoms. The summed E-state index contributed by atoms with van der Waals surface area (Å²) in [7, 11) is 0. The van der Waals surface area contributed by atoms with Crippen LogP contribution in [0.25, 0.3) is 23.0 Å². The number of amides is 1. The second kappa shape index (κ2) is 11.2. The maximum absolute atomic E-state index is 12.6. The molecule has 0 spiro atoms. The summed E-state index contributed by atoms with van der Waals surface area (Å²) in [4.78, 5) is 16.8. The Morgan fingerprint density at radius 3 is 2.65 bits per heavy atom. The molecule has 2 aromatic heterocycles. The lowest BCUT2D eigenvalue weighted by Gasteiger charge is -2.09. The smallest absolute Gasteiger partial charge is 0.244 e. The van der Waals surface area contributed by atoms with Crippen molar-refractivity contribution in [2.45, 2.75) is 33.1 Å². The molecule has 6 heteroatoms. The summed E-state index contributed by atoms with van der Waals surface area (Å²) in [5, 5.41) is 7.70. The molecule has 0 aliphatic heterocycles. The summed E-state index contributed by atoms with van der Waals surface area (Å²) in [6, 6.07) is 21.8. The largest absolute Gasteiger partial charge is 0.374 e. The zero-order valence-electron chi connectivity index (χ0n) is 19.4. The van der Waals surface area contributed by atoms with Crippen molar-refractivity contribution in [3.05, 3.63) is 108 Å². The number of rotatable bonds is 9. The molecule has 172 valence electrons. The van der Waals surface area contributed by atoms with Crippen LogP contribution < -0.4 is 5.32 Å². The van der Waals surface area contributed by atoms with Gasteiger partial charge in [0.1, 0.15) is 5.69 Å². The van der Waals surface area contributed by atoms with E-state index in [2.05, 4.69) is 16.4 Å². The monoisotopic (exact) mass is 452 g/mol. The number of benzene rings is 2. The van der Waals surface area contributed by atoms with Crippen LogP contribution in [0.1, 0.15) is 30.5 Å². The molecular formula is C28H28N4O2. The maximum Gasteiger partial charge on any atom is 0.244 e. The zero-order chi connectivity index (χ0) is 23.8. The Hall–Kier alpha value is -4.03. The average Bonchev–Trinajstić information content (AvgIpc) is 3.31. The van der Waals surface area contributed by atoms with Crippen molar-refractivity contribution in [3.8, 4) is 16.9 Å². The molecule has 0 fully saturated rings. The van der Waals surface area contributed by atoms with Crippen molar-refractivity contribution in [1.82, 2.24) is 20.1 Å². The van der Waals surface area contributed by atoms with Gasteiger partial charge in [0.25, 0.3) is 0 Å². The van der Waals surface area contributed by atoms with Gasteiger partial charge in [-0.15, -0.1) is 0 Å². The number of hydrogen-bond acceptors (Lipinski definition) is 4. The molecule has 6 nitrogen and oxygen atoms in total. The fourth-order valence-electron chi connectivity index (χ4n) is 3.46. The van der Waals surface area contributed by atoms with Gasteiger partial charge in [-0.2, -0.15) is 5.10 Å². The Balaban J connectivity index is 1.47. The first-order chi connectivity index (χ1) is 16.6. The van der Waals surface area contributed by atoms with Gasteiger partial charge in [0.15, 0.2) is 0 Å². The van der Waals surface area contributed by atoms with Gasteiger partial charge >= 0.3 is 0 Å². The lowest BCUT2D eigenvalue weighted by atomic mass is 10.1. The fraction of sp³-hybridized carbons (Fsp3) is 0.179. The zero-order valence-corrected chi connectivity index (χ0v) is 19.4. The van der Waals surface area contributed by atoms with Crippen molar-refractivity contribution >= 4 is 12.0 Å². The number of aromatic nitrogens is 3. The van der Waals surface area contributed by atoms with Crippen LogP contribution in [0.3, 0.4) is 0 Å². The lowest BCUT2D eigenvalue weighted by Crippen LogP contribution is -2.20. The molecule has 1 amide bonds. The highest BCUT2D eigenvalue weighted by molar-refractivity contribution is 5.92. The quantitative estimate of drug-likeness (QED) is 0.355. The number of pyridine rings is 1. The van der Waals surface area contributed by atoms with E-state index in [0.29, 0.717) is 13.2 Å². The fourth-order valence-corrected chi connectivity index (χ4v) is 3.46. The van der Waals surface area contributed by atoms with Crippen LogP contribution in [0.15, 0.2) is 91.4 Å². The van der Waals surface area contributed by atoms with Crippen molar-refractivity contribution in [2.24, 2.45) is 0 Å². The Morgan fingerprint density at radius 2 is 1.88 bits per heavy atom. The minimum absolute atomic E-state index is 0.173. The molecule has 0 unspecified atom stereocenters. The van der Waals surface area contributed by atoms with Crippen LogP contribution in [0, 0.1) is 0 Å². The number of carbonyl (C=O) groups excluding carboxylic acids is 1. The standard InChI is InChI=1S/C28H28N4O2/c1-21(2)34-20-23-9-6-8-22(16-23)17-30-27(33)14-13-25-19-32(26-11-4-3-5-12-26)31-28(25)24-10-7-15-29-18-24/h3-16,18-19,21H,17,20H2,1-2H3,(H,30,33). The van der Waals surface area contributed by atoms with Crippen LogP contribution in [0.2, 0.25) is 0 Å². The summed E-state index contributed by atoms with van der Waals surface area (Å²) < 4.78 is 7.48. The van der Waals surface area contributed by atoms with E-state index in [1.165, 1.54) is 6.08 Å². The summed E-state index contributed by atoms with van der Waals surface area (Å²) in [5.74, 6) is -0.173. The van der Waals surface area contributed by atoms with Gasteiger partial charge < -0.3 is 10.1 Å². The maximum atomic E-state index is 12.6. The van der Waals surface area contributed by atoms with E-state index in [0.717, 1.165) is 33.6 Å². The van der Waals surface area contributed by atoms with Crippen LogP contribution in [-0.2, 0) is 22.7 Å². The van der Waals surface area contributed by atoms with Gasteiger partial charge in [-0.3, -0.25) is 9.78 Å². The van der Waals surface area contributed by atoms with Gasteiger partial charge in [0, 0.05) is 42.3 Å². The van der Waals surface area contributed by atoms with Gasteiger partial charge in [0.05, 0.1) is 18.4 Å². The van der Waals surface area contributed by atoms with Crippen LogP contribution in [0.5, 0.6) is 0 Å². The molecule has 0 bridgehead atoms. The topological polar surface area (TPSA) is 69.0 Å². The molecule has 4 aromatic rings. The Kier molecular flexibility index (Phi) is 7.63. The van der Waals surface area contributed by atoms with E-state index < -0.39 is 0 Å². The first-order valence-corrected chi connectivity index (χ1v) is 11.3. The summed E-state index contributed by atoms with van der Waals surface area (Å²) >= 11 is 0. The molecule has 2 aromatic carbocycles. The predicted molar refractivity (Wildman–Crippen MR) is 134 cm³/mol. The van der Waals surface area contributed by atoms with Crippen molar-refractivity contribution < 1.29 is 9.53 Å². The van der Waals surface area contributed by atoms with Gasteiger partial charge in [-0.05, 0) is 55.3 Å². The van der Waals surface area contributed by atoms with Crippen LogP contribution >= 0.6 is 0 Å². The van der Waals surface area contributed by atoms with Crippen molar-refractivity contribution in [3.63, 3.8) is 0 Å². The molecular weight excluding hydrogens is 424 g/mol. The SMILES string of the molecule is CC(C)OCc1cccc(CNC(=O)C=Cc2cn(-c3ccccc3)nc2-c2cccnc2)c1. The molecule has 0 radical (unpaired) electrons. The van der Waals surface area contributed by atoms with Crippen molar-refractivity contribution in [1.29, 1.82) is 0 Å². The highest BCUT2D eigenvalue weighted by Crippen LogP contribution is 2.24. The Bertz CT molecular complexity index is 1250. The molecule has 4 rings (SSSR count). The number of carbonyl (C=O) groups is 1. The molecule has 0 aliphatic rings. The van der Waals surface area contributed by atoms with E-state index in [1.807, 2.05) is 85.4 Å². The molecule has 0 saturated carbocycles. The molecule has 2 heterocycles. The number of hydrogen-bond donors (Lipinski definition) is 1. The molecule has 0 saturated heterocycles. The second-order valence-electron chi connectivity index (χ2n) is 8.19. The highest BCUT2D eigenvalue weighted by atomic mass is 16.5. The first kappa shape index (κ1) is 23.1. The second-order valence-corrected chi connectivity index (χ2v) is 8.19. The predicted octanol–water partition coefficient (Wildman–Crippen LogP) is 5.19. The molecule has 0 atom stereocenters. The minimum atomic E-state index is -0.173. The van der Waals surface area contributed by atoms with E-state index in [4.69, 9.17) is 9.84 Å². The molecule has 0 aliphatic carbocycles. The average molecular weight is 453 g/mol. The Labute approximate surface area is 199 Å². The number of nitrogens with one attached hydrogen (secondary N) is 1. The number of nitrogens with zero attached hydrogens (tertiary/aromatic N) is 3. The van der Waals surface area contributed by atoms with Crippen LogP contribution in [-0.4, -0.2) is 26.8 Å². The lowest BCUT2D eigenvalue weighted by molar-refractivity contribution is -0.116. The first-order valence-electron chi connectivity index (χ1n) is 11.3. The van der Waals surface area contributed by atoms with Gasteiger partial charge in [-0.25, -0.2) is 4.68 Å². The molecule has 1 N–H and O–H groups in total.